The predicted octanol–water partition coefficient (Wildman–Crippen LogP) is 6.22. The first-order valence-electron chi connectivity index (χ1n) is 6.44. The summed E-state index contributed by atoms with van der Waals surface area (Å²) in [4.78, 5) is 0. The van der Waals surface area contributed by atoms with Crippen molar-refractivity contribution in [1.29, 1.82) is 0 Å². The number of aliphatic hydroxyl groups is 1. The molecule has 0 aliphatic rings. The summed E-state index contributed by atoms with van der Waals surface area (Å²) in [6.45, 7) is 0. The fourth-order valence-electron chi connectivity index (χ4n) is 1.55. The van der Waals surface area contributed by atoms with Crippen molar-refractivity contribution in [2.75, 3.05) is 0 Å². The van der Waals surface area contributed by atoms with Gasteiger partial charge in [-0.25, -0.2) is 0 Å². The number of hydrogen-bond acceptors (Lipinski definition) is 1. The molecule has 0 saturated carbocycles. The van der Waals surface area contributed by atoms with Gasteiger partial charge in [0.15, 0.2) is 0 Å². The highest BCUT2D eigenvalue weighted by Gasteiger charge is 2.97. The van der Waals surface area contributed by atoms with Gasteiger partial charge in [-0.2, -0.15) is 92.2 Å². The molecule has 22 heteroatoms. The van der Waals surface area contributed by atoms with Crippen LogP contribution >= 0.6 is 0 Å². The minimum atomic E-state index is -9.19. The molecule has 0 fully saturated rings. The highest BCUT2D eigenvalue weighted by atomic mass is 19.4. The van der Waals surface area contributed by atoms with Crippen LogP contribution in [0.3, 0.4) is 0 Å². The van der Waals surface area contributed by atoms with E-state index in [2.05, 4.69) is 0 Å². The molecule has 0 heterocycles. The Morgan fingerprint density at radius 2 is 0.438 bits per heavy atom. The molecule has 1 nitrogen and oxygen atoms in total. The zero-order valence-corrected chi connectivity index (χ0v) is 13.4. The van der Waals surface area contributed by atoms with Crippen molar-refractivity contribution in [3.05, 3.63) is 0 Å². The molecule has 0 rings (SSSR count). The van der Waals surface area contributed by atoms with Crippen molar-refractivity contribution in [1.82, 2.24) is 0 Å². The fourth-order valence-corrected chi connectivity index (χ4v) is 1.55. The summed E-state index contributed by atoms with van der Waals surface area (Å²) in [5, 5.41) is 7.74. The van der Waals surface area contributed by atoms with E-state index in [0.717, 1.165) is 0 Å². The van der Waals surface area contributed by atoms with Gasteiger partial charge in [0, 0.05) is 0 Å². The van der Waals surface area contributed by atoms with E-state index < -0.39 is 59.7 Å². The van der Waals surface area contributed by atoms with E-state index in [0.29, 0.717) is 0 Å². The number of rotatable bonds is 7. The van der Waals surface area contributed by atoms with Crippen LogP contribution in [-0.4, -0.2) is 64.8 Å². The molecule has 194 valence electrons. The second-order valence-corrected chi connectivity index (χ2v) is 5.64. The van der Waals surface area contributed by atoms with Gasteiger partial charge >= 0.3 is 59.7 Å². The quantitative estimate of drug-likeness (QED) is 0.384. The molecule has 0 bridgehead atoms. The molecule has 0 spiro atoms. The molecule has 1 N–H and O–H groups in total. The van der Waals surface area contributed by atoms with Crippen molar-refractivity contribution >= 4 is 0 Å². The second kappa shape index (κ2) is 7.00. The molecule has 0 aromatic rings. The fraction of sp³-hybridized carbons (Fsp3) is 1.00. The standard InChI is InChI=1S/C10HF21O/c11-1(12,3(15,16)5(19,20)7(23,24)9(26,27)28)2(13,14)4(17,18)6(21,22)8(25,32)10(29,30)31/h32H. The lowest BCUT2D eigenvalue weighted by atomic mass is 9.87. The molecule has 0 radical (unpaired) electrons. The van der Waals surface area contributed by atoms with E-state index in [1.807, 2.05) is 0 Å². The van der Waals surface area contributed by atoms with E-state index in [-0.39, 0.29) is 0 Å². The monoisotopic (exact) mass is 536 g/mol. The minimum Gasteiger partial charge on any atom is -0.350 e. The number of hydrogen-bond donors (Lipinski definition) is 1. The van der Waals surface area contributed by atoms with Gasteiger partial charge in [0.2, 0.25) is 0 Å². The van der Waals surface area contributed by atoms with E-state index in [4.69, 9.17) is 5.11 Å². The number of halogens is 21. The van der Waals surface area contributed by atoms with Crippen LogP contribution in [0.25, 0.3) is 0 Å². The van der Waals surface area contributed by atoms with Gasteiger partial charge in [0.05, 0.1) is 0 Å². The van der Waals surface area contributed by atoms with Crippen molar-refractivity contribution in [3.8, 4) is 0 Å². The Morgan fingerprint density at radius 1 is 0.250 bits per heavy atom. The Hall–Kier alpha value is -1.51. The largest absolute Gasteiger partial charge is 0.460 e. The van der Waals surface area contributed by atoms with Gasteiger partial charge in [-0.1, -0.05) is 0 Å². The molecule has 0 aliphatic carbocycles. The smallest absolute Gasteiger partial charge is 0.350 e. The summed E-state index contributed by atoms with van der Waals surface area (Å²) in [6.07, 6.45) is -15.8. The van der Waals surface area contributed by atoms with Crippen LogP contribution in [0.4, 0.5) is 92.2 Å². The Morgan fingerprint density at radius 3 is 0.625 bits per heavy atom. The maximum atomic E-state index is 13.1. The van der Waals surface area contributed by atoms with E-state index in [1.165, 1.54) is 0 Å². The first-order valence-corrected chi connectivity index (χ1v) is 6.44. The van der Waals surface area contributed by atoms with Gasteiger partial charge < -0.3 is 5.11 Å². The summed E-state index contributed by atoms with van der Waals surface area (Å²) in [6, 6.07) is 0. The summed E-state index contributed by atoms with van der Waals surface area (Å²) in [7, 11) is 0. The summed E-state index contributed by atoms with van der Waals surface area (Å²) in [5.41, 5.74) is 0. The maximum absolute atomic E-state index is 13.1. The Kier molecular flexibility index (Phi) is 6.67. The molecule has 0 saturated heterocycles. The Bertz CT molecular complexity index is 632. The van der Waals surface area contributed by atoms with Crippen LogP contribution in [-0.2, 0) is 0 Å². The summed E-state index contributed by atoms with van der Waals surface area (Å²) < 4.78 is 265. The van der Waals surface area contributed by atoms with Crippen molar-refractivity contribution in [3.63, 3.8) is 0 Å². The van der Waals surface area contributed by atoms with Crippen LogP contribution in [0.1, 0.15) is 0 Å². The van der Waals surface area contributed by atoms with Crippen LogP contribution in [0.5, 0.6) is 0 Å². The molecule has 32 heavy (non-hydrogen) atoms. The van der Waals surface area contributed by atoms with Crippen molar-refractivity contribution < 1.29 is 97.3 Å². The van der Waals surface area contributed by atoms with Gasteiger partial charge in [0.1, 0.15) is 0 Å². The van der Waals surface area contributed by atoms with Crippen molar-refractivity contribution in [2.24, 2.45) is 0 Å². The zero-order chi connectivity index (χ0) is 27.0. The SMILES string of the molecule is OC(F)(C(F)(F)F)C(F)(F)C(F)(F)C(F)(F)C(F)(F)C(F)(F)C(F)(F)C(F)(F)C(F)(F)F. The highest BCUT2D eigenvalue weighted by molar-refractivity contribution is 5.17. The summed E-state index contributed by atoms with van der Waals surface area (Å²) >= 11 is 0. The van der Waals surface area contributed by atoms with Gasteiger partial charge in [-0.15, -0.1) is 0 Å². The molecule has 0 aromatic carbocycles. The topological polar surface area (TPSA) is 20.2 Å². The third-order valence-corrected chi connectivity index (χ3v) is 3.51. The molecule has 0 amide bonds. The van der Waals surface area contributed by atoms with Crippen LogP contribution in [0.2, 0.25) is 0 Å². The minimum absolute atomic E-state index is 7.74. The molecule has 1 atom stereocenters. The third kappa shape index (κ3) is 3.41. The van der Waals surface area contributed by atoms with Gasteiger partial charge in [0.25, 0.3) is 0 Å². The average Bonchev–Trinajstić information content (AvgIpc) is 2.51. The lowest BCUT2D eigenvalue weighted by Gasteiger charge is -2.44. The molecule has 1 unspecified atom stereocenters. The predicted molar refractivity (Wildman–Crippen MR) is 52.8 cm³/mol. The lowest BCUT2D eigenvalue weighted by molar-refractivity contribution is -0.485. The normalized spacial score (nSPS) is 18.6. The first kappa shape index (κ1) is 30.5. The van der Waals surface area contributed by atoms with Gasteiger partial charge in [-0.3, -0.25) is 0 Å². The third-order valence-electron chi connectivity index (χ3n) is 3.51. The first-order chi connectivity index (χ1) is 13.2. The van der Waals surface area contributed by atoms with Gasteiger partial charge in [-0.05, 0) is 0 Å². The summed E-state index contributed by atoms with van der Waals surface area (Å²) in [5.74, 6) is -70.4. The Balaban J connectivity index is 7.00. The molecule has 0 aliphatic heterocycles. The zero-order valence-electron chi connectivity index (χ0n) is 13.4. The van der Waals surface area contributed by atoms with Crippen LogP contribution in [0, 0.1) is 0 Å². The maximum Gasteiger partial charge on any atom is 0.460 e. The molecular weight excluding hydrogens is 535 g/mol. The van der Waals surface area contributed by atoms with Crippen LogP contribution in [0.15, 0.2) is 0 Å². The van der Waals surface area contributed by atoms with E-state index >= 15 is 0 Å². The lowest BCUT2D eigenvalue weighted by Crippen LogP contribution is -2.77. The number of alkyl halides is 21. The van der Waals surface area contributed by atoms with Crippen molar-refractivity contribution in [2.45, 2.75) is 59.7 Å². The Labute approximate surface area is 158 Å². The molecular formula is C10HF21O. The van der Waals surface area contributed by atoms with Crippen LogP contribution < -0.4 is 0 Å². The molecule has 0 aromatic heterocycles. The van der Waals surface area contributed by atoms with E-state index in [9.17, 15) is 92.2 Å². The second-order valence-electron chi connectivity index (χ2n) is 5.64. The highest BCUT2D eigenvalue weighted by Crippen LogP contribution is 2.65. The van der Waals surface area contributed by atoms with E-state index in [1.54, 1.807) is 0 Å². The average molecular weight is 536 g/mol.